The van der Waals surface area contributed by atoms with E-state index in [4.69, 9.17) is 0 Å². The number of likely N-dealkylation sites (N-methyl/N-ethyl adjacent to an activating group) is 1. The van der Waals surface area contributed by atoms with Gasteiger partial charge in [-0.1, -0.05) is 18.2 Å². The van der Waals surface area contributed by atoms with E-state index in [1.807, 2.05) is 49.8 Å². The van der Waals surface area contributed by atoms with Crippen LogP contribution in [0.5, 0.6) is 0 Å². The summed E-state index contributed by atoms with van der Waals surface area (Å²) >= 11 is 1.39. The maximum Gasteiger partial charge on any atom is 0.261 e. The molecule has 0 bridgehead atoms. The summed E-state index contributed by atoms with van der Waals surface area (Å²) in [5, 5.41) is 10.3. The predicted molar refractivity (Wildman–Crippen MR) is 111 cm³/mol. The van der Waals surface area contributed by atoms with E-state index in [0.717, 1.165) is 5.56 Å². The summed E-state index contributed by atoms with van der Waals surface area (Å²) in [7, 11) is 3.66. The number of amides is 3. The number of rotatable bonds is 10. The highest BCUT2D eigenvalue weighted by molar-refractivity contribution is 7.12. The van der Waals surface area contributed by atoms with Gasteiger partial charge >= 0.3 is 0 Å². The summed E-state index contributed by atoms with van der Waals surface area (Å²) in [6.07, 6.45) is 0.910. The smallest absolute Gasteiger partial charge is 0.261 e. The number of carbonyl (C=O) groups is 3. The molecule has 0 aliphatic heterocycles. The Bertz CT molecular complexity index is 791. The van der Waals surface area contributed by atoms with Gasteiger partial charge in [-0.2, -0.15) is 0 Å². The van der Waals surface area contributed by atoms with Crippen LogP contribution < -0.4 is 16.0 Å². The third-order valence-corrected chi connectivity index (χ3v) is 4.64. The van der Waals surface area contributed by atoms with E-state index in [2.05, 4.69) is 16.0 Å². The molecule has 150 valence electrons. The number of carbonyl (C=O) groups excluding carboxylic acids is 3. The average molecular weight is 403 g/mol. The van der Waals surface area contributed by atoms with Crippen LogP contribution in [0.3, 0.4) is 0 Å². The molecule has 0 unspecified atom stereocenters. The second-order valence-corrected chi connectivity index (χ2v) is 7.55. The van der Waals surface area contributed by atoms with Crippen LogP contribution in [0.25, 0.3) is 0 Å². The zero-order valence-corrected chi connectivity index (χ0v) is 17.0. The maximum atomic E-state index is 12.0. The summed E-state index contributed by atoms with van der Waals surface area (Å²) in [6, 6.07) is 11.0. The minimum absolute atomic E-state index is 0.0765. The molecule has 0 saturated heterocycles. The number of nitrogens with one attached hydrogen (secondary N) is 3. The lowest BCUT2D eigenvalue weighted by atomic mass is 10.2. The summed E-state index contributed by atoms with van der Waals surface area (Å²) in [6.45, 7) is 1.15. The van der Waals surface area contributed by atoms with Gasteiger partial charge < -0.3 is 20.9 Å². The van der Waals surface area contributed by atoms with E-state index < -0.39 is 0 Å². The molecule has 1 aromatic carbocycles. The van der Waals surface area contributed by atoms with Crippen LogP contribution in [0.1, 0.15) is 28.1 Å². The van der Waals surface area contributed by atoms with Gasteiger partial charge in [-0.25, -0.2) is 0 Å². The molecule has 3 amide bonds. The second kappa shape index (κ2) is 11.2. The monoisotopic (exact) mass is 402 g/mol. The lowest BCUT2D eigenvalue weighted by Gasteiger charge is -2.11. The van der Waals surface area contributed by atoms with Crippen molar-refractivity contribution in [3.05, 3.63) is 52.2 Å². The Kier molecular flexibility index (Phi) is 8.64. The Morgan fingerprint density at radius 3 is 2.57 bits per heavy atom. The molecule has 1 heterocycles. The van der Waals surface area contributed by atoms with Gasteiger partial charge in [-0.3, -0.25) is 14.4 Å². The fraction of sp³-hybridized carbons (Fsp3) is 0.350. The van der Waals surface area contributed by atoms with Crippen LogP contribution in [0, 0.1) is 0 Å². The minimum Gasteiger partial charge on any atom is -0.352 e. The Balaban J connectivity index is 1.67. The molecular formula is C20H26N4O3S. The number of hydrogen-bond acceptors (Lipinski definition) is 5. The third-order valence-electron chi connectivity index (χ3n) is 3.77. The van der Waals surface area contributed by atoms with Crippen LogP contribution in [-0.2, 0) is 16.1 Å². The Morgan fingerprint density at radius 2 is 1.86 bits per heavy atom. The zero-order valence-electron chi connectivity index (χ0n) is 16.2. The molecule has 1 aromatic heterocycles. The minimum atomic E-state index is -0.108. The van der Waals surface area contributed by atoms with Crippen molar-refractivity contribution in [2.24, 2.45) is 0 Å². The van der Waals surface area contributed by atoms with Gasteiger partial charge in [0.15, 0.2) is 0 Å². The molecule has 0 atom stereocenters. The second-order valence-electron chi connectivity index (χ2n) is 6.60. The standard InChI is InChI=1S/C20H26N4O3S/c1-24(2)14-19(26)23-16-7-3-6-15(12-16)13-22-18(25)9-4-10-21-20(27)17-8-5-11-28-17/h3,5-8,11-12H,4,9-10,13-14H2,1-2H3,(H,21,27)(H,22,25)(H,23,26). The van der Waals surface area contributed by atoms with Crippen molar-refractivity contribution in [1.29, 1.82) is 0 Å². The maximum absolute atomic E-state index is 12.0. The Labute approximate surface area is 169 Å². The number of anilines is 1. The molecular weight excluding hydrogens is 376 g/mol. The van der Waals surface area contributed by atoms with Gasteiger partial charge in [0.1, 0.15) is 0 Å². The first-order chi connectivity index (χ1) is 13.4. The highest BCUT2D eigenvalue weighted by atomic mass is 32.1. The molecule has 0 aliphatic rings. The van der Waals surface area contributed by atoms with Gasteiger partial charge in [0, 0.05) is 25.2 Å². The van der Waals surface area contributed by atoms with Gasteiger partial charge in [0.2, 0.25) is 11.8 Å². The van der Waals surface area contributed by atoms with Crippen LogP contribution in [-0.4, -0.2) is 49.8 Å². The summed E-state index contributed by atoms with van der Waals surface area (Å²) < 4.78 is 0. The molecule has 0 spiro atoms. The Hall–Kier alpha value is -2.71. The summed E-state index contributed by atoms with van der Waals surface area (Å²) in [5.74, 6) is -0.272. The van der Waals surface area contributed by atoms with E-state index in [0.29, 0.717) is 43.0 Å². The van der Waals surface area contributed by atoms with Crippen molar-refractivity contribution < 1.29 is 14.4 Å². The van der Waals surface area contributed by atoms with Crippen LogP contribution in [0.15, 0.2) is 41.8 Å². The average Bonchev–Trinajstić information content (AvgIpc) is 3.18. The van der Waals surface area contributed by atoms with E-state index >= 15 is 0 Å². The molecule has 3 N–H and O–H groups in total. The van der Waals surface area contributed by atoms with Gasteiger partial charge in [-0.15, -0.1) is 11.3 Å². The molecule has 2 rings (SSSR count). The van der Waals surface area contributed by atoms with E-state index in [1.165, 1.54) is 11.3 Å². The predicted octanol–water partition coefficient (Wildman–Crippen LogP) is 2.07. The molecule has 2 aromatic rings. The molecule has 0 radical (unpaired) electrons. The number of nitrogens with zero attached hydrogens (tertiary/aromatic N) is 1. The topological polar surface area (TPSA) is 90.5 Å². The van der Waals surface area contributed by atoms with Crippen molar-refractivity contribution in [2.45, 2.75) is 19.4 Å². The van der Waals surface area contributed by atoms with Crippen molar-refractivity contribution >= 4 is 34.7 Å². The fourth-order valence-corrected chi connectivity index (χ4v) is 3.12. The van der Waals surface area contributed by atoms with Gasteiger partial charge in [0.25, 0.3) is 5.91 Å². The molecule has 0 fully saturated rings. The zero-order chi connectivity index (χ0) is 20.4. The van der Waals surface area contributed by atoms with Crippen molar-refractivity contribution in [3.63, 3.8) is 0 Å². The molecule has 0 aliphatic carbocycles. The highest BCUT2D eigenvalue weighted by Gasteiger charge is 2.07. The molecule has 8 heteroatoms. The normalized spacial score (nSPS) is 10.5. The van der Waals surface area contributed by atoms with Crippen LogP contribution in [0.4, 0.5) is 5.69 Å². The number of hydrogen-bond donors (Lipinski definition) is 3. The highest BCUT2D eigenvalue weighted by Crippen LogP contribution is 2.11. The van der Waals surface area contributed by atoms with E-state index in [1.54, 1.807) is 11.0 Å². The number of thiophene rings is 1. The van der Waals surface area contributed by atoms with Gasteiger partial charge in [0.05, 0.1) is 11.4 Å². The number of benzene rings is 1. The molecule has 7 nitrogen and oxygen atoms in total. The van der Waals surface area contributed by atoms with E-state index in [-0.39, 0.29) is 17.7 Å². The largest absolute Gasteiger partial charge is 0.352 e. The lowest BCUT2D eigenvalue weighted by Crippen LogP contribution is -2.27. The van der Waals surface area contributed by atoms with Crippen LogP contribution >= 0.6 is 11.3 Å². The fourth-order valence-electron chi connectivity index (χ4n) is 2.48. The lowest BCUT2D eigenvalue weighted by molar-refractivity contribution is -0.121. The van der Waals surface area contributed by atoms with E-state index in [9.17, 15) is 14.4 Å². The summed E-state index contributed by atoms with van der Waals surface area (Å²) in [5.41, 5.74) is 1.61. The van der Waals surface area contributed by atoms with Crippen molar-refractivity contribution in [1.82, 2.24) is 15.5 Å². The SMILES string of the molecule is CN(C)CC(=O)Nc1cccc(CNC(=O)CCCNC(=O)c2cccs2)c1. The van der Waals surface area contributed by atoms with Crippen molar-refractivity contribution in [2.75, 3.05) is 32.5 Å². The third kappa shape index (κ3) is 7.89. The summed E-state index contributed by atoms with van der Waals surface area (Å²) in [4.78, 5) is 38.1. The Morgan fingerprint density at radius 1 is 1.04 bits per heavy atom. The molecule has 0 saturated carbocycles. The first-order valence-electron chi connectivity index (χ1n) is 9.06. The first-order valence-corrected chi connectivity index (χ1v) is 9.94. The van der Waals surface area contributed by atoms with Crippen molar-refractivity contribution in [3.8, 4) is 0 Å². The van der Waals surface area contributed by atoms with Crippen LogP contribution in [0.2, 0.25) is 0 Å². The molecule has 28 heavy (non-hydrogen) atoms. The quantitative estimate of drug-likeness (QED) is 0.531. The first kappa shape index (κ1) is 21.6. The van der Waals surface area contributed by atoms with Gasteiger partial charge in [-0.05, 0) is 49.7 Å².